The van der Waals surface area contributed by atoms with Gasteiger partial charge in [-0.1, -0.05) is 43.7 Å². The number of hydrogen-bond donors (Lipinski definition) is 2. The van der Waals surface area contributed by atoms with Crippen LogP contribution in [0.5, 0.6) is 0 Å². The summed E-state index contributed by atoms with van der Waals surface area (Å²) in [5, 5.41) is 3.06. The maximum Gasteiger partial charge on any atom is 0.0816 e. The maximum atomic E-state index is 4.15. The van der Waals surface area contributed by atoms with Crippen LogP contribution in [0.4, 0.5) is 5.69 Å². The van der Waals surface area contributed by atoms with Crippen molar-refractivity contribution in [3.8, 4) is 11.3 Å². The van der Waals surface area contributed by atoms with Gasteiger partial charge in [-0.2, -0.15) is 0 Å². The molecule has 0 radical (unpaired) electrons. The Morgan fingerprint density at radius 2 is 1.62 bits per heavy atom. The Hall–Kier alpha value is -2.07. The van der Waals surface area contributed by atoms with Gasteiger partial charge >= 0.3 is 0 Å². The van der Waals surface area contributed by atoms with Crippen molar-refractivity contribution in [1.82, 2.24) is 9.78 Å². The molecule has 1 N–H and O–H groups in total. The van der Waals surface area contributed by atoms with E-state index in [2.05, 4.69) is 59.9 Å². The molecule has 4 heteroatoms. The van der Waals surface area contributed by atoms with E-state index in [0.29, 0.717) is 0 Å². The van der Waals surface area contributed by atoms with Crippen molar-refractivity contribution in [3.05, 3.63) is 60.3 Å². The van der Waals surface area contributed by atoms with Crippen LogP contribution < -0.4 is 4.90 Å². The number of rotatable bonds is 2. The van der Waals surface area contributed by atoms with Crippen LogP contribution in [0.1, 0.15) is 19.4 Å². The normalized spacial score (nSPS) is 9.46. The summed E-state index contributed by atoms with van der Waals surface area (Å²) in [6.45, 7) is 6.06. The number of benzene rings is 2. The fraction of sp³-hybridized carbons (Fsp3) is 0.300. The molecule has 130 valence electrons. The maximum absolute atomic E-state index is 4.15. The standard InChI is InChI=1S/C11H15N3.C7H8S.C2H6/c1-13(2)10-6-4-9(5-7-10)11-8-12-14(11)3;1-6-3-2-4-7(8)5-6;1-2/h4-8,12H,1-3H3;2-5,8H,1H3;1-2H3. The van der Waals surface area contributed by atoms with Gasteiger partial charge < -0.3 is 10.00 Å². The average molecular weight is 344 g/mol. The molecular formula is C20H29N3S. The van der Waals surface area contributed by atoms with Crippen LogP contribution in [-0.4, -0.2) is 23.9 Å². The first-order valence-corrected chi connectivity index (χ1v) is 8.65. The number of hydrogen-bond acceptors (Lipinski definition) is 2. The van der Waals surface area contributed by atoms with Gasteiger partial charge in [-0.3, -0.25) is 4.68 Å². The second kappa shape index (κ2) is 9.93. The highest BCUT2D eigenvalue weighted by molar-refractivity contribution is 7.80. The van der Waals surface area contributed by atoms with E-state index in [1.807, 2.05) is 64.1 Å². The van der Waals surface area contributed by atoms with Gasteiger partial charge in [0.2, 0.25) is 0 Å². The summed E-state index contributed by atoms with van der Waals surface area (Å²) >= 11 is 4.15. The monoisotopic (exact) mass is 343 g/mol. The Morgan fingerprint density at radius 1 is 1.00 bits per heavy atom. The molecule has 0 saturated carbocycles. The van der Waals surface area contributed by atoms with Gasteiger partial charge in [0.1, 0.15) is 0 Å². The lowest BCUT2D eigenvalue weighted by Crippen LogP contribution is -2.09. The summed E-state index contributed by atoms with van der Waals surface area (Å²) in [5.41, 5.74) is 4.97. The zero-order valence-electron chi connectivity index (χ0n) is 15.5. The van der Waals surface area contributed by atoms with E-state index < -0.39 is 0 Å². The summed E-state index contributed by atoms with van der Waals surface area (Å²) in [4.78, 5) is 3.13. The molecule has 0 aliphatic carbocycles. The smallest absolute Gasteiger partial charge is 0.0816 e. The Labute approximate surface area is 151 Å². The fourth-order valence-electron chi connectivity index (χ4n) is 2.09. The van der Waals surface area contributed by atoms with Gasteiger partial charge in [0.25, 0.3) is 0 Å². The molecule has 0 unspecified atom stereocenters. The molecule has 2 aromatic carbocycles. The van der Waals surface area contributed by atoms with Gasteiger partial charge in [-0.05, 0) is 31.2 Å². The lowest BCUT2D eigenvalue weighted by Gasteiger charge is -2.15. The van der Waals surface area contributed by atoms with Crippen molar-refractivity contribution in [1.29, 1.82) is 0 Å². The SMILES string of the molecule is CC.CN(C)c1ccc(-c2c[nH]n2C)cc1.Cc1cccc(S)c1. The van der Waals surface area contributed by atoms with E-state index in [4.69, 9.17) is 0 Å². The molecule has 0 aliphatic heterocycles. The van der Waals surface area contributed by atoms with Crippen molar-refractivity contribution in [2.45, 2.75) is 25.7 Å². The molecule has 0 fully saturated rings. The minimum atomic E-state index is 1.03. The third-order valence-electron chi connectivity index (χ3n) is 3.44. The van der Waals surface area contributed by atoms with Gasteiger partial charge in [-0.25, -0.2) is 0 Å². The molecule has 3 rings (SSSR count). The first kappa shape index (κ1) is 20.0. The van der Waals surface area contributed by atoms with Crippen molar-refractivity contribution in [2.75, 3.05) is 19.0 Å². The summed E-state index contributed by atoms with van der Waals surface area (Å²) in [7, 11) is 6.10. The average Bonchev–Trinajstić information content (AvgIpc) is 2.56. The van der Waals surface area contributed by atoms with Crippen LogP contribution in [-0.2, 0) is 7.05 Å². The van der Waals surface area contributed by atoms with Crippen LogP contribution in [0.2, 0.25) is 0 Å². The van der Waals surface area contributed by atoms with Crippen LogP contribution >= 0.6 is 12.6 Å². The summed E-state index contributed by atoms with van der Waals surface area (Å²) in [6, 6.07) is 16.6. The number of nitrogens with one attached hydrogen (secondary N) is 1. The van der Waals surface area contributed by atoms with Gasteiger partial charge in [0, 0.05) is 43.5 Å². The summed E-state index contributed by atoms with van der Waals surface area (Å²) in [6.07, 6.45) is 2.00. The number of H-pyrrole nitrogens is 1. The van der Waals surface area contributed by atoms with Gasteiger partial charge in [0.15, 0.2) is 0 Å². The second-order valence-corrected chi connectivity index (χ2v) is 6.01. The summed E-state index contributed by atoms with van der Waals surface area (Å²) < 4.78 is 2.00. The van der Waals surface area contributed by atoms with Crippen molar-refractivity contribution < 1.29 is 0 Å². The minimum absolute atomic E-state index is 1.03. The molecular weight excluding hydrogens is 314 g/mol. The Balaban J connectivity index is 0.000000245. The molecule has 0 amide bonds. The number of aromatic amines is 1. The number of thiol groups is 1. The van der Waals surface area contributed by atoms with E-state index >= 15 is 0 Å². The Morgan fingerprint density at radius 3 is 1.96 bits per heavy atom. The van der Waals surface area contributed by atoms with Crippen molar-refractivity contribution in [3.63, 3.8) is 0 Å². The van der Waals surface area contributed by atoms with E-state index in [1.165, 1.54) is 22.5 Å². The van der Waals surface area contributed by atoms with E-state index in [9.17, 15) is 0 Å². The molecule has 3 aromatic rings. The quantitative estimate of drug-likeness (QED) is 0.598. The van der Waals surface area contributed by atoms with Gasteiger partial charge in [0.05, 0.1) is 5.69 Å². The van der Waals surface area contributed by atoms with Crippen LogP contribution in [0.25, 0.3) is 11.3 Å². The predicted octanol–water partition coefficient (Wildman–Crippen LogP) is 5.40. The molecule has 0 aliphatic rings. The number of nitrogens with zero attached hydrogens (tertiary/aromatic N) is 2. The highest BCUT2D eigenvalue weighted by atomic mass is 32.1. The van der Waals surface area contributed by atoms with Crippen molar-refractivity contribution >= 4 is 18.3 Å². The lowest BCUT2D eigenvalue weighted by atomic mass is 10.1. The van der Waals surface area contributed by atoms with E-state index in [-0.39, 0.29) is 0 Å². The van der Waals surface area contributed by atoms with Crippen LogP contribution in [0.15, 0.2) is 59.6 Å². The molecule has 0 spiro atoms. The first-order chi connectivity index (χ1) is 11.5. The second-order valence-electron chi connectivity index (χ2n) is 5.50. The molecule has 0 bridgehead atoms. The zero-order valence-corrected chi connectivity index (χ0v) is 16.4. The molecule has 24 heavy (non-hydrogen) atoms. The number of anilines is 1. The topological polar surface area (TPSA) is 24.0 Å². The third kappa shape index (κ3) is 5.85. The van der Waals surface area contributed by atoms with Crippen LogP contribution in [0.3, 0.4) is 0 Å². The van der Waals surface area contributed by atoms with Crippen molar-refractivity contribution in [2.24, 2.45) is 7.05 Å². The first-order valence-electron chi connectivity index (χ1n) is 8.21. The van der Waals surface area contributed by atoms with E-state index in [1.54, 1.807) is 0 Å². The summed E-state index contributed by atoms with van der Waals surface area (Å²) in [5.74, 6) is 0. The Bertz CT molecular complexity index is 691. The molecule has 3 nitrogen and oxygen atoms in total. The lowest BCUT2D eigenvalue weighted by molar-refractivity contribution is 0.703. The number of aryl methyl sites for hydroxylation is 2. The third-order valence-corrected chi connectivity index (χ3v) is 3.72. The Kier molecular flexibility index (Phi) is 8.27. The molecule has 0 saturated heterocycles. The fourth-order valence-corrected chi connectivity index (χ4v) is 2.38. The zero-order chi connectivity index (χ0) is 18.1. The number of aromatic nitrogens is 2. The molecule has 0 atom stereocenters. The highest BCUT2D eigenvalue weighted by Crippen LogP contribution is 2.21. The minimum Gasteiger partial charge on any atom is -0.378 e. The molecule has 1 aromatic heterocycles. The predicted molar refractivity (Wildman–Crippen MR) is 109 cm³/mol. The van der Waals surface area contributed by atoms with Gasteiger partial charge in [-0.15, -0.1) is 12.6 Å². The molecule has 1 heterocycles. The van der Waals surface area contributed by atoms with Crippen LogP contribution in [0, 0.1) is 6.92 Å². The highest BCUT2D eigenvalue weighted by Gasteiger charge is 2.03. The largest absolute Gasteiger partial charge is 0.378 e. The van der Waals surface area contributed by atoms with E-state index in [0.717, 1.165) is 4.90 Å².